The predicted molar refractivity (Wildman–Crippen MR) is 63.7 cm³/mol. The van der Waals surface area contributed by atoms with Crippen LogP contribution < -0.4 is 5.32 Å². The van der Waals surface area contributed by atoms with Crippen molar-refractivity contribution in [3.8, 4) is 0 Å². The van der Waals surface area contributed by atoms with Gasteiger partial charge in [-0.1, -0.05) is 17.3 Å². The highest BCUT2D eigenvalue weighted by Crippen LogP contribution is 2.48. The molecular formula is C13H14N2O4. The van der Waals surface area contributed by atoms with Gasteiger partial charge in [-0.25, -0.2) is 0 Å². The van der Waals surface area contributed by atoms with E-state index in [1.807, 2.05) is 12.2 Å². The van der Waals surface area contributed by atoms with Crippen LogP contribution in [0.4, 0.5) is 0 Å². The van der Waals surface area contributed by atoms with Gasteiger partial charge in [-0.2, -0.15) is 0 Å². The van der Waals surface area contributed by atoms with Crippen LogP contribution in [0.3, 0.4) is 0 Å². The number of carbonyl (C=O) groups is 2. The van der Waals surface area contributed by atoms with Crippen LogP contribution in [0, 0.1) is 23.7 Å². The van der Waals surface area contributed by atoms with Gasteiger partial charge in [0.2, 0.25) is 5.91 Å². The lowest BCUT2D eigenvalue weighted by atomic mass is 9.82. The van der Waals surface area contributed by atoms with Crippen LogP contribution in [0.15, 0.2) is 28.9 Å². The van der Waals surface area contributed by atoms with Gasteiger partial charge in [-0.3, -0.25) is 9.59 Å². The summed E-state index contributed by atoms with van der Waals surface area (Å²) in [6.07, 6.45) is 6.14. The van der Waals surface area contributed by atoms with Gasteiger partial charge < -0.3 is 14.9 Å². The first-order chi connectivity index (χ1) is 9.16. The molecule has 2 aliphatic carbocycles. The Balaban J connectivity index is 1.68. The second-order valence-corrected chi connectivity index (χ2v) is 5.03. The monoisotopic (exact) mass is 262 g/mol. The molecule has 2 bridgehead atoms. The summed E-state index contributed by atoms with van der Waals surface area (Å²) in [4.78, 5) is 23.5. The summed E-state index contributed by atoms with van der Waals surface area (Å²) in [6, 6.07) is 1.66. The van der Waals surface area contributed by atoms with Gasteiger partial charge in [0.1, 0.15) is 0 Å². The Labute approximate surface area is 109 Å². The highest BCUT2D eigenvalue weighted by molar-refractivity contribution is 5.86. The number of allylic oxidation sites excluding steroid dienone is 2. The van der Waals surface area contributed by atoms with E-state index < -0.39 is 17.8 Å². The van der Waals surface area contributed by atoms with Crippen LogP contribution >= 0.6 is 0 Å². The van der Waals surface area contributed by atoms with E-state index in [4.69, 9.17) is 4.52 Å². The molecule has 4 unspecified atom stereocenters. The fourth-order valence-corrected chi connectivity index (χ4v) is 3.14. The number of aliphatic carboxylic acids is 1. The SMILES string of the molecule is O=C(O)C1C2C=CC(C2)C1C(=O)NCc1ccno1. The Kier molecular flexibility index (Phi) is 2.85. The molecule has 6 nitrogen and oxygen atoms in total. The molecule has 0 aliphatic heterocycles. The number of rotatable bonds is 4. The minimum absolute atomic E-state index is 0.0106. The quantitative estimate of drug-likeness (QED) is 0.783. The lowest BCUT2D eigenvalue weighted by Crippen LogP contribution is -2.39. The summed E-state index contributed by atoms with van der Waals surface area (Å²) in [5.74, 6) is -1.61. The second-order valence-electron chi connectivity index (χ2n) is 5.03. The van der Waals surface area contributed by atoms with Crippen molar-refractivity contribution in [1.29, 1.82) is 0 Å². The van der Waals surface area contributed by atoms with E-state index in [0.717, 1.165) is 6.42 Å². The number of carboxylic acid groups (broad SMARTS) is 1. The molecule has 0 radical (unpaired) electrons. The van der Waals surface area contributed by atoms with Crippen molar-refractivity contribution < 1.29 is 19.2 Å². The molecule has 3 rings (SSSR count). The van der Waals surface area contributed by atoms with Gasteiger partial charge in [0.15, 0.2) is 5.76 Å². The van der Waals surface area contributed by atoms with Crippen LogP contribution in [0.1, 0.15) is 12.2 Å². The lowest BCUT2D eigenvalue weighted by molar-refractivity contribution is -0.147. The van der Waals surface area contributed by atoms with E-state index in [-0.39, 0.29) is 24.3 Å². The van der Waals surface area contributed by atoms with Crippen LogP contribution in [-0.4, -0.2) is 22.1 Å². The first kappa shape index (κ1) is 12.0. The number of fused-ring (bicyclic) bond motifs is 2. The predicted octanol–water partition coefficient (Wildman–Crippen LogP) is 0.814. The maximum atomic E-state index is 12.2. The maximum Gasteiger partial charge on any atom is 0.307 e. The van der Waals surface area contributed by atoms with Gasteiger partial charge in [0.05, 0.1) is 24.6 Å². The van der Waals surface area contributed by atoms with E-state index >= 15 is 0 Å². The Bertz CT molecular complexity index is 523. The first-order valence-electron chi connectivity index (χ1n) is 6.25. The molecule has 4 atom stereocenters. The zero-order valence-electron chi connectivity index (χ0n) is 10.2. The molecule has 6 heteroatoms. The number of hydrogen-bond donors (Lipinski definition) is 2. The summed E-state index contributed by atoms with van der Waals surface area (Å²) in [7, 11) is 0. The number of aromatic nitrogens is 1. The third-order valence-electron chi connectivity index (χ3n) is 3.98. The van der Waals surface area contributed by atoms with Crippen molar-refractivity contribution in [1.82, 2.24) is 10.5 Å². The normalized spacial score (nSPS) is 31.6. The van der Waals surface area contributed by atoms with E-state index in [1.165, 1.54) is 6.20 Å². The Hall–Kier alpha value is -2.11. The summed E-state index contributed by atoms with van der Waals surface area (Å²) in [6.45, 7) is 0.239. The minimum Gasteiger partial charge on any atom is -0.481 e. The third-order valence-corrected chi connectivity index (χ3v) is 3.98. The van der Waals surface area contributed by atoms with Gasteiger partial charge in [0, 0.05) is 6.07 Å². The minimum atomic E-state index is -0.892. The zero-order chi connectivity index (χ0) is 13.4. The third kappa shape index (κ3) is 2.03. The zero-order valence-corrected chi connectivity index (χ0v) is 10.2. The molecule has 2 aliphatic rings. The number of amides is 1. The van der Waals surface area contributed by atoms with Crippen molar-refractivity contribution in [2.24, 2.45) is 23.7 Å². The molecule has 0 spiro atoms. The van der Waals surface area contributed by atoms with Gasteiger partial charge in [-0.15, -0.1) is 0 Å². The van der Waals surface area contributed by atoms with Crippen molar-refractivity contribution >= 4 is 11.9 Å². The Morgan fingerprint density at radius 2 is 2.11 bits per heavy atom. The highest BCUT2D eigenvalue weighted by atomic mass is 16.5. The lowest BCUT2D eigenvalue weighted by Gasteiger charge is -2.23. The van der Waals surface area contributed by atoms with E-state index in [1.54, 1.807) is 6.07 Å². The van der Waals surface area contributed by atoms with Crippen molar-refractivity contribution in [3.63, 3.8) is 0 Å². The van der Waals surface area contributed by atoms with Crippen LogP contribution in [0.2, 0.25) is 0 Å². The van der Waals surface area contributed by atoms with Crippen LogP contribution in [0.5, 0.6) is 0 Å². The van der Waals surface area contributed by atoms with Crippen molar-refractivity contribution in [2.75, 3.05) is 0 Å². The van der Waals surface area contributed by atoms with Crippen LogP contribution in [0.25, 0.3) is 0 Å². The molecular weight excluding hydrogens is 248 g/mol. The summed E-state index contributed by atoms with van der Waals surface area (Å²) in [5.41, 5.74) is 0. The Morgan fingerprint density at radius 1 is 1.37 bits per heavy atom. The molecule has 1 heterocycles. The molecule has 1 saturated carbocycles. The molecule has 1 aromatic heterocycles. The molecule has 1 aromatic rings. The van der Waals surface area contributed by atoms with Crippen LogP contribution in [-0.2, 0) is 16.1 Å². The van der Waals surface area contributed by atoms with E-state index in [9.17, 15) is 14.7 Å². The number of nitrogens with one attached hydrogen (secondary N) is 1. The maximum absolute atomic E-state index is 12.2. The van der Waals surface area contributed by atoms with Crippen molar-refractivity contribution in [3.05, 3.63) is 30.2 Å². The Morgan fingerprint density at radius 3 is 2.74 bits per heavy atom. The second kappa shape index (κ2) is 4.53. The number of hydrogen-bond acceptors (Lipinski definition) is 4. The topological polar surface area (TPSA) is 92.4 Å². The molecule has 100 valence electrons. The highest BCUT2D eigenvalue weighted by Gasteiger charge is 2.51. The van der Waals surface area contributed by atoms with E-state index in [2.05, 4.69) is 10.5 Å². The van der Waals surface area contributed by atoms with Gasteiger partial charge >= 0.3 is 5.97 Å². The average molecular weight is 262 g/mol. The first-order valence-corrected chi connectivity index (χ1v) is 6.25. The number of carboxylic acids is 1. The molecule has 0 saturated heterocycles. The molecule has 2 N–H and O–H groups in total. The number of nitrogens with zero attached hydrogens (tertiary/aromatic N) is 1. The van der Waals surface area contributed by atoms with Gasteiger partial charge in [0.25, 0.3) is 0 Å². The fourth-order valence-electron chi connectivity index (χ4n) is 3.14. The van der Waals surface area contributed by atoms with Gasteiger partial charge in [-0.05, 0) is 18.3 Å². The molecule has 1 amide bonds. The average Bonchev–Trinajstić information content (AvgIpc) is 3.10. The smallest absolute Gasteiger partial charge is 0.307 e. The largest absolute Gasteiger partial charge is 0.481 e. The molecule has 0 aromatic carbocycles. The number of carbonyl (C=O) groups excluding carboxylic acids is 1. The summed E-state index contributed by atoms with van der Waals surface area (Å²) < 4.78 is 4.89. The molecule has 19 heavy (non-hydrogen) atoms. The van der Waals surface area contributed by atoms with Crippen molar-refractivity contribution in [2.45, 2.75) is 13.0 Å². The fraction of sp³-hybridized carbons (Fsp3) is 0.462. The summed E-state index contributed by atoms with van der Waals surface area (Å²) in [5, 5.41) is 15.5. The van der Waals surface area contributed by atoms with E-state index in [0.29, 0.717) is 5.76 Å². The standard InChI is InChI=1S/C13H14N2O4/c16-12(14-6-9-3-4-15-19-9)10-7-1-2-8(5-7)11(10)13(17)18/h1-4,7-8,10-11H,5-6H2,(H,14,16)(H,17,18). The summed E-state index contributed by atoms with van der Waals surface area (Å²) >= 11 is 0. The molecule has 1 fully saturated rings.